The second-order valence-electron chi connectivity index (χ2n) is 5.35. The van der Waals surface area contributed by atoms with Gasteiger partial charge in [0.05, 0.1) is 12.6 Å². The van der Waals surface area contributed by atoms with Crippen molar-refractivity contribution < 1.29 is 4.79 Å². The molecule has 2 aromatic carbocycles. The summed E-state index contributed by atoms with van der Waals surface area (Å²) in [6.07, 6.45) is 0. The predicted octanol–water partition coefficient (Wildman–Crippen LogP) is 3.87. The summed E-state index contributed by atoms with van der Waals surface area (Å²) >= 11 is 5.87. The maximum absolute atomic E-state index is 12.0. The Morgan fingerprint density at radius 1 is 0.955 bits per heavy atom. The minimum Gasteiger partial charge on any atom is -0.348 e. The molecule has 2 aromatic rings. The second-order valence-corrected chi connectivity index (χ2v) is 5.79. The van der Waals surface area contributed by atoms with Crippen LogP contribution in [0.25, 0.3) is 0 Å². The molecule has 0 radical (unpaired) electrons. The molecule has 1 amide bonds. The lowest BCUT2D eigenvalue weighted by Crippen LogP contribution is -2.36. The van der Waals surface area contributed by atoms with E-state index in [9.17, 15) is 4.79 Å². The summed E-state index contributed by atoms with van der Waals surface area (Å²) in [4.78, 5) is 12.0. The average Bonchev–Trinajstić information content (AvgIpc) is 2.54. The Hall–Kier alpha value is -1.84. The Bertz CT molecular complexity index is 598. The van der Waals surface area contributed by atoms with Crippen LogP contribution in [0.15, 0.2) is 54.6 Å². The first-order chi connectivity index (χ1) is 10.6. The quantitative estimate of drug-likeness (QED) is 0.849. The summed E-state index contributed by atoms with van der Waals surface area (Å²) in [5, 5.41) is 6.92. The number of amides is 1. The van der Waals surface area contributed by atoms with Gasteiger partial charge in [-0.05, 0) is 37.1 Å². The number of rotatable bonds is 6. The fourth-order valence-corrected chi connectivity index (χ4v) is 2.36. The Morgan fingerprint density at radius 3 is 2.18 bits per heavy atom. The van der Waals surface area contributed by atoms with Crippen LogP contribution in [0.1, 0.15) is 37.1 Å². The van der Waals surface area contributed by atoms with Gasteiger partial charge in [-0.25, -0.2) is 0 Å². The van der Waals surface area contributed by atoms with Gasteiger partial charge in [-0.1, -0.05) is 54.1 Å². The van der Waals surface area contributed by atoms with Crippen molar-refractivity contribution in [1.29, 1.82) is 0 Å². The third-order valence-corrected chi connectivity index (χ3v) is 3.87. The maximum Gasteiger partial charge on any atom is 0.234 e. The minimum atomic E-state index is -0.0165. The van der Waals surface area contributed by atoms with E-state index >= 15 is 0 Å². The van der Waals surface area contributed by atoms with Gasteiger partial charge in [0.15, 0.2) is 0 Å². The molecule has 2 N–H and O–H groups in total. The largest absolute Gasteiger partial charge is 0.348 e. The van der Waals surface area contributed by atoms with Crippen LogP contribution in [-0.2, 0) is 4.79 Å². The second kappa shape index (κ2) is 7.97. The van der Waals surface area contributed by atoms with Crippen LogP contribution in [0.4, 0.5) is 0 Å². The smallest absolute Gasteiger partial charge is 0.234 e. The van der Waals surface area contributed by atoms with Crippen molar-refractivity contribution in [2.75, 3.05) is 6.54 Å². The van der Waals surface area contributed by atoms with Crippen LogP contribution in [0.3, 0.4) is 0 Å². The highest BCUT2D eigenvalue weighted by atomic mass is 35.5. The molecule has 0 aromatic heterocycles. The molecule has 3 nitrogen and oxygen atoms in total. The van der Waals surface area contributed by atoms with Crippen LogP contribution in [0, 0.1) is 0 Å². The Balaban J connectivity index is 1.81. The number of carbonyl (C=O) groups is 1. The van der Waals surface area contributed by atoms with Crippen molar-refractivity contribution in [2.24, 2.45) is 0 Å². The first-order valence-corrected chi connectivity index (χ1v) is 7.77. The van der Waals surface area contributed by atoms with Crippen molar-refractivity contribution in [2.45, 2.75) is 25.9 Å². The Labute approximate surface area is 136 Å². The zero-order chi connectivity index (χ0) is 15.9. The van der Waals surface area contributed by atoms with Crippen molar-refractivity contribution in [1.82, 2.24) is 10.6 Å². The van der Waals surface area contributed by atoms with E-state index in [0.29, 0.717) is 5.02 Å². The van der Waals surface area contributed by atoms with E-state index in [1.54, 1.807) is 0 Å². The summed E-state index contributed by atoms with van der Waals surface area (Å²) in [5.74, 6) is -0.0165. The van der Waals surface area contributed by atoms with Crippen LogP contribution in [0.2, 0.25) is 5.02 Å². The van der Waals surface area contributed by atoms with Crippen molar-refractivity contribution >= 4 is 17.5 Å². The average molecular weight is 317 g/mol. The first kappa shape index (κ1) is 16.5. The molecule has 0 saturated carbocycles. The molecule has 0 spiro atoms. The number of halogens is 1. The van der Waals surface area contributed by atoms with Crippen molar-refractivity contribution in [3.63, 3.8) is 0 Å². The molecule has 0 saturated heterocycles. The van der Waals surface area contributed by atoms with Gasteiger partial charge in [-0.2, -0.15) is 0 Å². The number of nitrogens with one attached hydrogen (secondary N) is 2. The summed E-state index contributed by atoms with van der Waals surface area (Å²) in [7, 11) is 0. The molecule has 22 heavy (non-hydrogen) atoms. The number of benzene rings is 2. The predicted molar refractivity (Wildman–Crippen MR) is 90.9 cm³/mol. The maximum atomic E-state index is 12.0. The fraction of sp³-hybridized carbons (Fsp3) is 0.278. The Morgan fingerprint density at radius 2 is 1.55 bits per heavy atom. The van der Waals surface area contributed by atoms with Gasteiger partial charge in [0.2, 0.25) is 5.91 Å². The molecule has 116 valence electrons. The van der Waals surface area contributed by atoms with Crippen molar-refractivity contribution in [3.8, 4) is 0 Å². The third-order valence-electron chi connectivity index (χ3n) is 3.62. The van der Waals surface area contributed by atoms with Gasteiger partial charge in [-0.15, -0.1) is 0 Å². The SMILES string of the molecule is C[C@H](NCC(=O)N[C@H](C)c1ccccc1)c1ccc(Cl)cc1. The highest BCUT2D eigenvalue weighted by molar-refractivity contribution is 6.30. The van der Waals surface area contributed by atoms with E-state index in [-0.39, 0.29) is 24.5 Å². The molecule has 2 atom stereocenters. The topological polar surface area (TPSA) is 41.1 Å². The molecule has 0 heterocycles. The van der Waals surface area contributed by atoms with Crippen molar-refractivity contribution in [3.05, 3.63) is 70.7 Å². The molecule has 2 rings (SSSR count). The van der Waals surface area contributed by atoms with Gasteiger partial charge in [-0.3, -0.25) is 4.79 Å². The van der Waals surface area contributed by atoms with Gasteiger partial charge < -0.3 is 10.6 Å². The van der Waals surface area contributed by atoms with E-state index in [4.69, 9.17) is 11.6 Å². The Kier molecular flexibility index (Phi) is 5.99. The van der Waals surface area contributed by atoms with E-state index in [1.165, 1.54) is 0 Å². The van der Waals surface area contributed by atoms with E-state index in [1.807, 2.05) is 68.4 Å². The molecule has 0 aliphatic carbocycles. The lowest BCUT2D eigenvalue weighted by molar-refractivity contribution is -0.121. The zero-order valence-corrected chi connectivity index (χ0v) is 13.6. The normalized spacial score (nSPS) is 13.4. The number of hydrogen-bond donors (Lipinski definition) is 2. The van der Waals surface area contributed by atoms with E-state index in [0.717, 1.165) is 11.1 Å². The zero-order valence-electron chi connectivity index (χ0n) is 12.8. The fourth-order valence-electron chi connectivity index (χ4n) is 2.23. The first-order valence-electron chi connectivity index (χ1n) is 7.39. The summed E-state index contributed by atoms with van der Waals surface area (Å²) in [6, 6.07) is 17.7. The monoisotopic (exact) mass is 316 g/mol. The van der Waals surface area contributed by atoms with E-state index in [2.05, 4.69) is 10.6 Å². The van der Waals surface area contributed by atoms with Crippen LogP contribution in [-0.4, -0.2) is 12.5 Å². The molecule has 0 aliphatic rings. The number of carbonyl (C=O) groups excluding carboxylic acids is 1. The van der Waals surface area contributed by atoms with Gasteiger partial charge in [0.1, 0.15) is 0 Å². The van der Waals surface area contributed by atoms with Gasteiger partial charge in [0, 0.05) is 11.1 Å². The van der Waals surface area contributed by atoms with Crippen LogP contribution in [0.5, 0.6) is 0 Å². The molecule has 4 heteroatoms. The lowest BCUT2D eigenvalue weighted by Gasteiger charge is -2.17. The highest BCUT2D eigenvalue weighted by Gasteiger charge is 2.11. The van der Waals surface area contributed by atoms with Gasteiger partial charge in [0.25, 0.3) is 0 Å². The number of hydrogen-bond acceptors (Lipinski definition) is 2. The summed E-state index contributed by atoms with van der Waals surface area (Å²) in [6.45, 7) is 4.29. The molecule has 0 bridgehead atoms. The van der Waals surface area contributed by atoms with Crippen LogP contribution >= 0.6 is 11.6 Å². The van der Waals surface area contributed by atoms with Gasteiger partial charge >= 0.3 is 0 Å². The minimum absolute atomic E-state index is 0.00124. The molecule has 0 unspecified atom stereocenters. The summed E-state index contributed by atoms with van der Waals surface area (Å²) in [5.41, 5.74) is 2.20. The molecule has 0 aliphatic heterocycles. The molecular weight excluding hydrogens is 296 g/mol. The molecule has 0 fully saturated rings. The summed E-state index contributed by atoms with van der Waals surface area (Å²) < 4.78 is 0. The highest BCUT2D eigenvalue weighted by Crippen LogP contribution is 2.16. The third kappa shape index (κ3) is 4.86. The standard InChI is InChI=1S/C18H21ClN2O/c1-13(16-8-10-17(19)11-9-16)20-12-18(22)21-14(2)15-6-4-3-5-7-15/h3-11,13-14,20H,12H2,1-2H3,(H,21,22)/t13-,14+/m0/s1. The lowest BCUT2D eigenvalue weighted by atomic mass is 10.1. The van der Waals surface area contributed by atoms with E-state index < -0.39 is 0 Å². The molecular formula is C18H21ClN2O. The van der Waals surface area contributed by atoms with Crippen LogP contribution < -0.4 is 10.6 Å².